The van der Waals surface area contributed by atoms with Crippen molar-refractivity contribution in [1.82, 2.24) is 10.3 Å². The first-order valence-electron chi connectivity index (χ1n) is 3.22. The molecule has 1 aromatic heterocycles. The van der Waals surface area contributed by atoms with Crippen molar-refractivity contribution in [3.05, 3.63) is 28.2 Å². The molecule has 0 atom stereocenters. The summed E-state index contributed by atoms with van der Waals surface area (Å²) < 4.78 is 13.4. The third kappa shape index (κ3) is 2.27. The molecule has 12 heavy (non-hydrogen) atoms. The van der Waals surface area contributed by atoms with Crippen LogP contribution in [0, 0.1) is 5.82 Å². The Bertz CT molecular complexity index is 293. The number of carbonyl (C=O) groups is 1. The number of halogens is 2. The Kier molecular flexibility index (Phi) is 3.16. The van der Waals surface area contributed by atoms with Crippen LogP contribution in [0.15, 0.2) is 16.7 Å². The van der Waals surface area contributed by atoms with Gasteiger partial charge in [0, 0.05) is 0 Å². The van der Waals surface area contributed by atoms with Crippen molar-refractivity contribution in [1.29, 1.82) is 0 Å². The van der Waals surface area contributed by atoms with Crippen LogP contribution in [0.25, 0.3) is 0 Å². The normalized spacial score (nSPS) is 9.50. The van der Waals surface area contributed by atoms with Crippen molar-refractivity contribution < 1.29 is 9.18 Å². The summed E-state index contributed by atoms with van der Waals surface area (Å²) in [6.45, 7) is 0.106. The van der Waals surface area contributed by atoms with E-state index in [0.717, 1.165) is 0 Å². The van der Waals surface area contributed by atoms with Gasteiger partial charge in [0.25, 0.3) is 0 Å². The van der Waals surface area contributed by atoms with Crippen molar-refractivity contribution in [3.8, 4) is 0 Å². The van der Waals surface area contributed by atoms with Crippen LogP contribution in [-0.2, 0) is 11.3 Å². The highest BCUT2D eigenvalue weighted by Gasteiger charge is 2.02. The molecule has 1 rings (SSSR count). The first-order valence-corrected chi connectivity index (χ1v) is 4.01. The van der Waals surface area contributed by atoms with Crippen LogP contribution in [0.2, 0.25) is 0 Å². The van der Waals surface area contributed by atoms with Crippen molar-refractivity contribution in [2.24, 2.45) is 0 Å². The lowest BCUT2D eigenvalue weighted by Crippen LogP contribution is -2.12. The molecule has 0 aromatic carbocycles. The van der Waals surface area contributed by atoms with Crippen molar-refractivity contribution >= 4 is 22.3 Å². The number of hydrogen-bond acceptors (Lipinski definition) is 2. The molecule has 0 aliphatic carbocycles. The molecule has 0 fully saturated rings. The summed E-state index contributed by atoms with van der Waals surface area (Å²) in [7, 11) is 0. The summed E-state index contributed by atoms with van der Waals surface area (Å²) in [5.74, 6) is -0.424. The van der Waals surface area contributed by atoms with Gasteiger partial charge in [-0.3, -0.25) is 4.79 Å². The molecule has 5 heteroatoms. The van der Waals surface area contributed by atoms with E-state index < -0.39 is 5.82 Å². The van der Waals surface area contributed by atoms with E-state index in [2.05, 4.69) is 26.2 Å². The maximum Gasteiger partial charge on any atom is 0.207 e. The lowest BCUT2D eigenvalue weighted by molar-refractivity contribution is -0.109. The van der Waals surface area contributed by atoms with E-state index in [-0.39, 0.29) is 12.2 Å². The smallest absolute Gasteiger partial charge is 0.207 e. The van der Waals surface area contributed by atoms with E-state index in [4.69, 9.17) is 0 Å². The molecule has 1 aromatic rings. The minimum atomic E-state index is -0.424. The minimum absolute atomic E-state index is 0.106. The van der Waals surface area contributed by atoms with Gasteiger partial charge < -0.3 is 5.32 Å². The van der Waals surface area contributed by atoms with Gasteiger partial charge in [0.2, 0.25) is 6.41 Å². The number of nitrogens with one attached hydrogen (secondary N) is 1. The number of nitrogens with zero attached hydrogens (tertiary/aromatic N) is 1. The summed E-state index contributed by atoms with van der Waals surface area (Å²) in [6.07, 6.45) is 0.502. The van der Waals surface area contributed by atoms with Crippen LogP contribution in [0.5, 0.6) is 0 Å². The van der Waals surface area contributed by atoms with E-state index in [1.807, 2.05) is 0 Å². The predicted molar refractivity (Wildman–Crippen MR) is 44.8 cm³/mol. The molecule has 0 aliphatic rings. The van der Waals surface area contributed by atoms with Gasteiger partial charge in [-0.2, -0.15) is 0 Å². The molecule has 3 nitrogen and oxygen atoms in total. The molecule has 0 saturated heterocycles. The van der Waals surface area contributed by atoms with Gasteiger partial charge in [0.1, 0.15) is 10.4 Å². The molecule has 0 bridgehead atoms. The summed E-state index contributed by atoms with van der Waals surface area (Å²) in [5, 5.41) is 2.33. The standard InChI is InChI=1S/C7H6BrFN2O/c8-7-2-1-5(9)6(11-7)3-10-4-12/h1-2,4H,3H2,(H,10,12). The first-order chi connectivity index (χ1) is 5.74. The van der Waals surface area contributed by atoms with Gasteiger partial charge in [0.15, 0.2) is 0 Å². The molecule has 1 N–H and O–H groups in total. The topological polar surface area (TPSA) is 42.0 Å². The number of hydrogen-bond donors (Lipinski definition) is 1. The maximum absolute atomic E-state index is 12.9. The zero-order chi connectivity index (χ0) is 8.97. The van der Waals surface area contributed by atoms with Crippen LogP contribution >= 0.6 is 15.9 Å². The average Bonchev–Trinajstić information content (AvgIpc) is 2.07. The van der Waals surface area contributed by atoms with Crippen LogP contribution in [-0.4, -0.2) is 11.4 Å². The Balaban J connectivity index is 2.82. The highest BCUT2D eigenvalue weighted by atomic mass is 79.9. The molecule has 0 saturated carbocycles. The maximum atomic E-state index is 12.9. The number of rotatable bonds is 3. The molecule has 0 unspecified atom stereocenters. The second-order valence-electron chi connectivity index (χ2n) is 2.06. The van der Waals surface area contributed by atoms with Crippen LogP contribution in [0.3, 0.4) is 0 Å². The average molecular weight is 233 g/mol. The van der Waals surface area contributed by atoms with Gasteiger partial charge >= 0.3 is 0 Å². The Morgan fingerprint density at radius 1 is 1.67 bits per heavy atom. The molecule has 1 amide bonds. The zero-order valence-corrected chi connectivity index (χ0v) is 7.64. The van der Waals surface area contributed by atoms with Gasteiger partial charge in [-0.1, -0.05) is 0 Å². The Morgan fingerprint density at radius 3 is 3.08 bits per heavy atom. The Hall–Kier alpha value is -0.970. The van der Waals surface area contributed by atoms with Gasteiger partial charge in [-0.05, 0) is 28.1 Å². The number of aromatic nitrogens is 1. The van der Waals surface area contributed by atoms with Crippen molar-refractivity contribution in [2.45, 2.75) is 6.54 Å². The SMILES string of the molecule is O=CNCc1nc(Br)ccc1F. The molecule has 1 heterocycles. The van der Waals surface area contributed by atoms with Crippen LogP contribution in [0.4, 0.5) is 4.39 Å². The minimum Gasteiger partial charge on any atom is -0.353 e. The van der Waals surface area contributed by atoms with Gasteiger partial charge in [0.05, 0.1) is 12.2 Å². The van der Waals surface area contributed by atoms with Crippen molar-refractivity contribution in [2.75, 3.05) is 0 Å². The van der Waals surface area contributed by atoms with Crippen LogP contribution in [0.1, 0.15) is 5.69 Å². The third-order valence-corrected chi connectivity index (χ3v) is 1.68. The third-order valence-electron chi connectivity index (χ3n) is 1.24. The zero-order valence-electron chi connectivity index (χ0n) is 6.05. The van der Waals surface area contributed by atoms with Crippen molar-refractivity contribution in [3.63, 3.8) is 0 Å². The number of amides is 1. The summed E-state index contributed by atoms with van der Waals surface area (Å²) in [4.78, 5) is 13.7. The van der Waals surface area contributed by atoms with E-state index in [1.165, 1.54) is 12.1 Å². The highest BCUT2D eigenvalue weighted by molar-refractivity contribution is 9.10. The van der Waals surface area contributed by atoms with E-state index in [9.17, 15) is 9.18 Å². The van der Waals surface area contributed by atoms with Crippen LogP contribution < -0.4 is 5.32 Å². The fraction of sp³-hybridized carbons (Fsp3) is 0.143. The Labute approximate surface area is 77.1 Å². The van der Waals surface area contributed by atoms with E-state index >= 15 is 0 Å². The number of carbonyl (C=O) groups excluding carboxylic acids is 1. The fourth-order valence-corrected chi connectivity index (χ4v) is 1.07. The summed E-state index contributed by atoms with van der Waals surface area (Å²) in [6, 6.07) is 2.79. The largest absolute Gasteiger partial charge is 0.353 e. The van der Waals surface area contributed by atoms with E-state index in [0.29, 0.717) is 11.0 Å². The van der Waals surface area contributed by atoms with E-state index in [1.54, 1.807) is 0 Å². The molecular weight excluding hydrogens is 227 g/mol. The quantitative estimate of drug-likeness (QED) is 0.630. The Morgan fingerprint density at radius 2 is 2.42 bits per heavy atom. The molecule has 0 radical (unpaired) electrons. The second-order valence-corrected chi connectivity index (χ2v) is 2.87. The molecule has 64 valence electrons. The predicted octanol–water partition coefficient (Wildman–Crippen LogP) is 1.23. The fourth-order valence-electron chi connectivity index (χ4n) is 0.720. The number of pyridine rings is 1. The lowest BCUT2D eigenvalue weighted by atomic mass is 10.3. The lowest BCUT2D eigenvalue weighted by Gasteiger charge is -2.00. The molecule has 0 aliphatic heterocycles. The first kappa shape index (κ1) is 9.12. The van der Waals surface area contributed by atoms with Gasteiger partial charge in [-0.15, -0.1) is 0 Å². The monoisotopic (exact) mass is 232 g/mol. The van der Waals surface area contributed by atoms with Gasteiger partial charge in [-0.25, -0.2) is 9.37 Å². The highest BCUT2D eigenvalue weighted by Crippen LogP contribution is 2.10. The molecular formula is C7H6BrFN2O. The second kappa shape index (κ2) is 4.15. The summed E-state index contributed by atoms with van der Waals surface area (Å²) in [5.41, 5.74) is 0.219. The molecule has 0 spiro atoms. The summed E-state index contributed by atoms with van der Waals surface area (Å²) >= 11 is 3.09.